The van der Waals surface area contributed by atoms with Crippen molar-refractivity contribution in [2.75, 3.05) is 42.8 Å². The number of methoxy groups -OCH3 is 1. The van der Waals surface area contributed by atoms with E-state index in [-0.39, 0.29) is 18.4 Å². The fourth-order valence-electron chi connectivity index (χ4n) is 2.17. The van der Waals surface area contributed by atoms with Crippen LogP contribution in [0.4, 0.5) is 17.1 Å². The summed E-state index contributed by atoms with van der Waals surface area (Å²) < 4.78 is 10.5. The van der Waals surface area contributed by atoms with Crippen LogP contribution >= 0.6 is 0 Å². The molecule has 0 aliphatic carbocycles. The van der Waals surface area contributed by atoms with Crippen LogP contribution in [0.5, 0.6) is 5.75 Å². The Bertz CT molecular complexity index is 732. The summed E-state index contributed by atoms with van der Waals surface area (Å²) in [5.74, 6) is 0.392. The smallest absolute Gasteiger partial charge is 0.243 e. The van der Waals surface area contributed by atoms with E-state index >= 15 is 0 Å². The zero-order valence-corrected chi connectivity index (χ0v) is 14.9. The molecule has 0 spiro atoms. The van der Waals surface area contributed by atoms with Gasteiger partial charge in [0.25, 0.3) is 0 Å². The quantitative estimate of drug-likeness (QED) is 0.601. The molecule has 0 atom stereocenters. The second-order valence-electron chi connectivity index (χ2n) is 5.53. The topological polar surface area (TPSA) is 88.7 Å². The largest absolute Gasteiger partial charge is 0.491 e. The number of hydrogen-bond acceptors (Lipinski definition) is 5. The summed E-state index contributed by atoms with van der Waals surface area (Å²) >= 11 is 0. The molecule has 2 aromatic rings. The standard InChI is InChI=1S/C19H23N3O4/c1-14(23)21-15-6-8-16(9-7-15)22-19(24)13-20-17-4-3-5-18(12-17)26-11-10-25-2/h3-9,12,20H,10-11,13H2,1-2H3,(H,21,23)(H,22,24). The predicted octanol–water partition coefficient (Wildman–Crippen LogP) is 2.72. The van der Waals surface area contributed by atoms with Gasteiger partial charge in [-0.15, -0.1) is 0 Å². The molecule has 0 saturated carbocycles. The van der Waals surface area contributed by atoms with Crippen molar-refractivity contribution in [3.63, 3.8) is 0 Å². The van der Waals surface area contributed by atoms with E-state index in [0.717, 1.165) is 5.69 Å². The van der Waals surface area contributed by atoms with E-state index in [1.165, 1.54) is 6.92 Å². The number of nitrogens with one attached hydrogen (secondary N) is 3. The van der Waals surface area contributed by atoms with Crippen molar-refractivity contribution >= 4 is 28.9 Å². The van der Waals surface area contributed by atoms with E-state index in [0.29, 0.717) is 30.3 Å². The fraction of sp³-hybridized carbons (Fsp3) is 0.263. The average molecular weight is 357 g/mol. The van der Waals surface area contributed by atoms with Gasteiger partial charge in [0.05, 0.1) is 13.2 Å². The first-order chi connectivity index (χ1) is 12.6. The zero-order valence-electron chi connectivity index (χ0n) is 14.9. The average Bonchev–Trinajstić information content (AvgIpc) is 2.62. The van der Waals surface area contributed by atoms with Gasteiger partial charge in [-0.2, -0.15) is 0 Å². The van der Waals surface area contributed by atoms with E-state index in [1.54, 1.807) is 31.4 Å². The molecule has 26 heavy (non-hydrogen) atoms. The van der Waals surface area contributed by atoms with Gasteiger partial charge in [0.2, 0.25) is 11.8 Å². The van der Waals surface area contributed by atoms with Gasteiger partial charge < -0.3 is 25.4 Å². The number of anilines is 3. The van der Waals surface area contributed by atoms with E-state index in [9.17, 15) is 9.59 Å². The van der Waals surface area contributed by atoms with Gasteiger partial charge in [-0.05, 0) is 36.4 Å². The molecule has 0 fully saturated rings. The lowest BCUT2D eigenvalue weighted by atomic mass is 10.2. The predicted molar refractivity (Wildman–Crippen MR) is 102 cm³/mol. The zero-order chi connectivity index (χ0) is 18.8. The Morgan fingerprint density at radius 1 is 0.923 bits per heavy atom. The van der Waals surface area contributed by atoms with Gasteiger partial charge in [0.15, 0.2) is 0 Å². The molecule has 0 aromatic heterocycles. The number of carbonyl (C=O) groups is 2. The first kappa shape index (κ1) is 19.3. The maximum Gasteiger partial charge on any atom is 0.243 e. The third-order valence-electron chi connectivity index (χ3n) is 3.33. The van der Waals surface area contributed by atoms with Crippen molar-refractivity contribution in [3.05, 3.63) is 48.5 Å². The molecule has 0 bridgehead atoms. The highest BCUT2D eigenvalue weighted by Gasteiger charge is 2.04. The molecule has 0 aliphatic heterocycles. The number of ether oxygens (including phenoxy) is 2. The van der Waals surface area contributed by atoms with Gasteiger partial charge in [-0.1, -0.05) is 6.07 Å². The molecule has 0 saturated heterocycles. The Morgan fingerprint density at radius 3 is 2.27 bits per heavy atom. The van der Waals surface area contributed by atoms with E-state index in [2.05, 4.69) is 16.0 Å². The molecule has 2 aromatic carbocycles. The Labute approximate surface area is 152 Å². The summed E-state index contributed by atoms with van der Waals surface area (Å²) in [5.41, 5.74) is 2.12. The lowest BCUT2D eigenvalue weighted by molar-refractivity contribution is -0.115. The van der Waals surface area contributed by atoms with Gasteiger partial charge in [-0.25, -0.2) is 0 Å². The lowest BCUT2D eigenvalue weighted by Gasteiger charge is -2.10. The molecule has 3 N–H and O–H groups in total. The van der Waals surface area contributed by atoms with Crippen LogP contribution in [0.2, 0.25) is 0 Å². The molecule has 2 amide bonds. The maximum absolute atomic E-state index is 12.1. The van der Waals surface area contributed by atoms with Crippen LogP contribution in [0.1, 0.15) is 6.92 Å². The Hall–Kier alpha value is -3.06. The van der Waals surface area contributed by atoms with Gasteiger partial charge >= 0.3 is 0 Å². The molecule has 0 radical (unpaired) electrons. The van der Waals surface area contributed by atoms with Crippen LogP contribution in [0.3, 0.4) is 0 Å². The number of amides is 2. The minimum Gasteiger partial charge on any atom is -0.491 e. The van der Waals surface area contributed by atoms with E-state index in [4.69, 9.17) is 9.47 Å². The molecule has 138 valence electrons. The molecule has 0 heterocycles. The SMILES string of the molecule is COCCOc1cccc(NCC(=O)Nc2ccc(NC(C)=O)cc2)c1. The summed E-state index contributed by atoms with van der Waals surface area (Å²) in [6.45, 7) is 2.55. The van der Waals surface area contributed by atoms with Crippen molar-refractivity contribution in [3.8, 4) is 5.75 Å². The summed E-state index contributed by atoms with van der Waals surface area (Å²) in [6.07, 6.45) is 0. The highest BCUT2D eigenvalue weighted by molar-refractivity contribution is 5.94. The van der Waals surface area contributed by atoms with Crippen molar-refractivity contribution in [2.24, 2.45) is 0 Å². The summed E-state index contributed by atoms with van der Waals surface area (Å²) in [7, 11) is 1.62. The highest BCUT2D eigenvalue weighted by atomic mass is 16.5. The normalized spacial score (nSPS) is 10.1. The van der Waals surface area contributed by atoms with Crippen LogP contribution in [0.25, 0.3) is 0 Å². The summed E-state index contributed by atoms with van der Waals surface area (Å²) in [4.78, 5) is 23.0. The highest BCUT2D eigenvalue weighted by Crippen LogP contribution is 2.17. The van der Waals surface area contributed by atoms with Crippen molar-refractivity contribution < 1.29 is 19.1 Å². The number of hydrogen-bond donors (Lipinski definition) is 3. The molecule has 7 nitrogen and oxygen atoms in total. The third-order valence-corrected chi connectivity index (χ3v) is 3.33. The maximum atomic E-state index is 12.1. The first-order valence-corrected chi connectivity index (χ1v) is 8.20. The molecular formula is C19H23N3O4. The first-order valence-electron chi connectivity index (χ1n) is 8.20. The van der Waals surface area contributed by atoms with Crippen LogP contribution < -0.4 is 20.7 Å². The molecule has 0 unspecified atom stereocenters. The fourth-order valence-corrected chi connectivity index (χ4v) is 2.17. The van der Waals surface area contributed by atoms with Crippen LogP contribution in [0.15, 0.2) is 48.5 Å². The lowest BCUT2D eigenvalue weighted by Crippen LogP contribution is -2.21. The van der Waals surface area contributed by atoms with Crippen LogP contribution in [-0.4, -0.2) is 38.7 Å². The summed E-state index contributed by atoms with van der Waals surface area (Å²) in [5, 5.41) is 8.51. The third kappa shape index (κ3) is 6.82. The van der Waals surface area contributed by atoms with Gasteiger partial charge in [0, 0.05) is 37.2 Å². The minimum absolute atomic E-state index is 0.120. The Kier molecular flexibility index (Phi) is 7.45. The van der Waals surface area contributed by atoms with Crippen molar-refractivity contribution in [2.45, 2.75) is 6.92 Å². The van der Waals surface area contributed by atoms with Gasteiger partial charge in [0.1, 0.15) is 12.4 Å². The minimum atomic E-state index is -0.178. The number of carbonyl (C=O) groups excluding carboxylic acids is 2. The number of benzene rings is 2. The van der Waals surface area contributed by atoms with Crippen LogP contribution in [-0.2, 0) is 14.3 Å². The van der Waals surface area contributed by atoms with E-state index < -0.39 is 0 Å². The molecule has 0 aliphatic rings. The Morgan fingerprint density at radius 2 is 1.62 bits per heavy atom. The monoisotopic (exact) mass is 357 g/mol. The second-order valence-corrected chi connectivity index (χ2v) is 5.53. The number of rotatable bonds is 9. The molecular weight excluding hydrogens is 334 g/mol. The summed E-state index contributed by atoms with van der Waals surface area (Å²) in [6, 6.07) is 14.3. The Balaban J connectivity index is 1.81. The molecule has 2 rings (SSSR count). The molecule has 7 heteroatoms. The van der Waals surface area contributed by atoms with E-state index in [1.807, 2.05) is 24.3 Å². The van der Waals surface area contributed by atoms with Crippen molar-refractivity contribution in [1.82, 2.24) is 0 Å². The van der Waals surface area contributed by atoms with Crippen molar-refractivity contribution in [1.29, 1.82) is 0 Å². The van der Waals surface area contributed by atoms with Gasteiger partial charge in [-0.3, -0.25) is 9.59 Å². The second kappa shape index (κ2) is 10.0. The van der Waals surface area contributed by atoms with Crippen LogP contribution in [0, 0.1) is 0 Å².